The van der Waals surface area contributed by atoms with E-state index in [1.165, 1.54) is 0 Å². The van der Waals surface area contributed by atoms with Crippen LogP contribution in [0.5, 0.6) is 0 Å². The third kappa shape index (κ3) is 17.9. The van der Waals surface area contributed by atoms with Crippen molar-refractivity contribution in [2.75, 3.05) is 39.6 Å². The Kier molecular flexibility index (Phi) is 28.2. The number of carbonyl (C=O) groups excluding carboxylic acids is 4. The standard InChI is InChI=1S/C53H86N4O40/c1-14(63)54-27-19(68)6-52(49(83)84,96-41(27)31(71)21(70)8-58)93-25(12-62)35(75)43-29(56-16(3)65)20(69)7-53(97-43,50(85)86)94-24(11-61)34(74)42-28(55-15(2)64)18(67)5-51(95-42,48(81)82)87-13-26-36(76)40(30(45(80)88-26)57-17(4)66)91-47-39(79)44(33(73)23(10-60)90-47)92-46-38(78)37(77)32(72)22(9-59)89-46/h18-47,58-62,67-80H,5-13H2,1-4H3,(H,54,63)(H,55,64)(H,56,65)(H,57,66)(H,81,82)(H,83,84)(H,85,86)/t18-,19-,20-,21+,22+,23+,24+,25+,26+,27+,28+,29+,30+,31+,32-,33-,34+,35+,36-,37-,38+,39+,40+,41+,42+,43+,44-,45-,46-,47-,51+,52+,53+/m0/s1. The Balaban J connectivity index is 1.29. The first-order valence-electron chi connectivity index (χ1n) is 30.0. The molecule has 44 heteroatoms. The van der Waals surface area contributed by atoms with Gasteiger partial charge in [0, 0.05) is 47.0 Å². The molecule has 97 heavy (non-hydrogen) atoms. The maximum Gasteiger partial charge on any atom is 0.364 e. The molecule has 6 rings (SSSR count). The highest BCUT2D eigenvalue weighted by Gasteiger charge is 2.64. The van der Waals surface area contributed by atoms with Crippen LogP contribution >= 0.6 is 0 Å². The van der Waals surface area contributed by atoms with Crippen LogP contribution in [-0.2, 0) is 85.7 Å². The van der Waals surface area contributed by atoms with Crippen molar-refractivity contribution in [3.63, 3.8) is 0 Å². The first kappa shape index (κ1) is 81.1. The smallest absolute Gasteiger partial charge is 0.364 e. The fraction of sp³-hybridized carbons (Fsp3) is 0.868. The molecular formula is C53H86N4O40. The Morgan fingerprint density at radius 3 is 1.19 bits per heavy atom. The molecule has 0 aromatic rings. The summed E-state index contributed by atoms with van der Waals surface area (Å²) < 4.78 is 62.0. The lowest BCUT2D eigenvalue weighted by Crippen LogP contribution is -2.71. The molecule has 0 spiro atoms. The van der Waals surface area contributed by atoms with Crippen molar-refractivity contribution >= 4 is 41.5 Å². The van der Waals surface area contributed by atoms with Crippen molar-refractivity contribution in [1.82, 2.24) is 21.3 Å². The minimum absolute atomic E-state index is 0.847. The number of aliphatic hydroxyl groups excluding tert-OH is 19. The van der Waals surface area contributed by atoms with Crippen LogP contribution in [0.4, 0.5) is 0 Å². The highest BCUT2D eigenvalue weighted by atomic mass is 16.8. The number of hydrogen-bond donors (Lipinski definition) is 26. The molecular weight excluding hydrogens is 1330 g/mol. The fourth-order valence-electron chi connectivity index (χ4n) is 12.1. The van der Waals surface area contributed by atoms with Gasteiger partial charge in [-0.05, 0) is 0 Å². The predicted molar refractivity (Wildman–Crippen MR) is 297 cm³/mol. The van der Waals surface area contributed by atoms with E-state index in [-0.39, 0.29) is 0 Å². The summed E-state index contributed by atoms with van der Waals surface area (Å²) in [7, 11) is 0. The van der Waals surface area contributed by atoms with E-state index in [9.17, 15) is 146 Å². The molecule has 0 saturated carbocycles. The zero-order valence-corrected chi connectivity index (χ0v) is 51.9. The van der Waals surface area contributed by atoms with Crippen molar-refractivity contribution in [3.8, 4) is 0 Å². The van der Waals surface area contributed by atoms with Crippen LogP contribution in [0.1, 0.15) is 47.0 Å². The molecule has 44 nitrogen and oxygen atoms in total. The highest BCUT2D eigenvalue weighted by molar-refractivity contribution is 5.78. The van der Waals surface area contributed by atoms with Gasteiger partial charge in [0.25, 0.3) is 17.4 Å². The van der Waals surface area contributed by atoms with E-state index in [1.807, 2.05) is 0 Å². The Hall–Kier alpha value is -4.91. The average Bonchev–Trinajstić information content (AvgIpc) is 0.764. The molecule has 0 radical (unpaired) electrons. The third-order valence-corrected chi connectivity index (χ3v) is 17.0. The lowest BCUT2D eigenvalue weighted by atomic mass is 9.86. The number of hydrogen-bond acceptors (Lipinski definition) is 37. The number of carboxylic acids is 3. The van der Waals surface area contributed by atoms with Crippen LogP contribution in [0.15, 0.2) is 0 Å². The lowest BCUT2D eigenvalue weighted by molar-refractivity contribution is -0.375. The van der Waals surface area contributed by atoms with Gasteiger partial charge in [0.2, 0.25) is 23.6 Å². The number of amides is 4. The van der Waals surface area contributed by atoms with E-state index in [0.29, 0.717) is 0 Å². The Morgan fingerprint density at radius 1 is 0.433 bits per heavy atom. The van der Waals surface area contributed by atoms with E-state index in [0.717, 1.165) is 27.7 Å². The Morgan fingerprint density at radius 2 is 0.794 bits per heavy atom. The zero-order chi connectivity index (χ0) is 72.8. The minimum atomic E-state index is -3.56. The summed E-state index contributed by atoms with van der Waals surface area (Å²) in [4.78, 5) is 90.0. The van der Waals surface area contributed by atoms with E-state index in [4.69, 9.17) is 52.1 Å². The molecule has 0 unspecified atom stereocenters. The molecule has 0 aliphatic carbocycles. The summed E-state index contributed by atoms with van der Waals surface area (Å²) in [6, 6.07) is -7.74. The molecule has 26 N–H and O–H groups in total. The molecule has 6 aliphatic rings. The largest absolute Gasteiger partial charge is 0.477 e. The number of nitrogens with one attached hydrogen (secondary N) is 4. The molecule has 6 fully saturated rings. The Bertz CT molecular complexity index is 2680. The van der Waals surface area contributed by atoms with Crippen molar-refractivity contribution in [2.45, 2.75) is 248 Å². The van der Waals surface area contributed by atoms with Gasteiger partial charge in [0.15, 0.2) is 18.9 Å². The first-order valence-corrected chi connectivity index (χ1v) is 30.0. The van der Waals surface area contributed by atoms with Crippen molar-refractivity contribution < 1.29 is 198 Å². The summed E-state index contributed by atoms with van der Waals surface area (Å²) >= 11 is 0. The number of carboxylic acid groups (broad SMARTS) is 3. The predicted octanol–water partition coefficient (Wildman–Crippen LogP) is -15.9. The van der Waals surface area contributed by atoms with Crippen LogP contribution in [0.3, 0.4) is 0 Å². The molecule has 4 amide bonds. The summed E-state index contributed by atoms with van der Waals surface area (Å²) in [6.07, 6.45) is -61.9. The normalized spacial score (nSPS) is 42.1. The van der Waals surface area contributed by atoms with Crippen molar-refractivity contribution in [1.29, 1.82) is 0 Å². The number of rotatable bonds is 29. The monoisotopic (exact) mass is 1420 g/mol. The second kappa shape index (κ2) is 33.7. The molecule has 558 valence electrons. The Labute approximate surface area is 547 Å². The van der Waals surface area contributed by atoms with E-state index in [2.05, 4.69) is 21.3 Å². The second-order valence-corrected chi connectivity index (χ2v) is 24.0. The SMILES string of the molecule is CC(=O)N[C@@H]1[C@@H](O[C@@H]2O[C@H](CO)[C@H](O)[C@H](O[C@@H]3O[C@H](CO)[C@H](O)[C@H](O)[C@H]3O)[C@H]2O)[C@@H](O)[C@@H](CO[C@]2(C(=O)O)C[C@H](O)[C@@H](NC(C)=O)[C@H]([C@H](O)[C@@H](CO)O[C@]3(C(=O)O)C[C@H](O)[C@@H](NC(C)=O)[C@H]([C@H](O)[C@@H](CO)O[C@]4(C(=O)O)C[C@H](O)[C@@H](NC(C)=O)[C@H]([C@H](O)[C@H](O)CO)O4)O3)O2)O[C@@H]1O. The van der Waals surface area contributed by atoms with E-state index >= 15 is 0 Å². The molecule has 0 aromatic carbocycles. The van der Waals surface area contributed by atoms with Gasteiger partial charge in [-0.3, -0.25) is 19.2 Å². The maximum atomic E-state index is 13.6. The van der Waals surface area contributed by atoms with Gasteiger partial charge in [-0.15, -0.1) is 0 Å². The van der Waals surface area contributed by atoms with Crippen molar-refractivity contribution in [3.05, 3.63) is 0 Å². The van der Waals surface area contributed by atoms with Crippen molar-refractivity contribution in [2.24, 2.45) is 0 Å². The first-order chi connectivity index (χ1) is 45.3. The fourth-order valence-corrected chi connectivity index (χ4v) is 12.1. The molecule has 0 bridgehead atoms. The van der Waals surface area contributed by atoms with Gasteiger partial charge in [0.05, 0.1) is 76.1 Å². The van der Waals surface area contributed by atoms with E-state index in [1.54, 1.807) is 0 Å². The van der Waals surface area contributed by atoms with Gasteiger partial charge >= 0.3 is 17.9 Å². The summed E-state index contributed by atoms with van der Waals surface area (Å²) in [5, 5.41) is 249. The van der Waals surface area contributed by atoms with Crippen LogP contribution in [0.25, 0.3) is 0 Å². The summed E-state index contributed by atoms with van der Waals surface area (Å²) in [5.74, 6) is -20.9. The van der Waals surface area contributed by atoms with Crippen LogP contribution in [0.2, 0.25) is 0 Å². The zero-order valence-electron chi connectivity index (χ0n) is 51.9. The second-order valence-electron chi connectivity index (χ2n) is 24.0. The molecule has 6 saturated heterocycles. The van der Waals surface area contributed by atoms with E-state index < -0.39 is 301 Å². The van der Waals surface area contributed by atoms with Gasteiger partial charge < -0.3 is 186 Å². The number of aliphatic hydroxyl groups is 19. The lowest BCUT2D eigenvalue weighted by Gasteiger charge is -2.51. The molecule has 33 atom stereocenters. The number of carbonyl (C=O) groups is 7. The van der Waals surface area contributed by atoms with Crippen LogP contribution < -0.4 is 21.3 Å². The molecule has 0 aromatic heterocycles. The number of ether oxygens (including phenoxy) is 11. The summed E-state index contributed by atoms with van der Waals surface area (Å²) in [6.45, 7) is -4.19. The van der Waals surface area contributed by atoms with Gasteiger partial charge in [-0.2, -0.15) is 0 Å². The van der Waals surface area contributed by atoms with Crippen LogP contribution in [-0.4, -0.2) is 394 Å². The van der Waals surface area contributed by atoms with Crippen LogP contribution in [0, 0.1) is 0 Å². The third-order valence-electron chi connectivity index (χ3n) is 17.0. The van der Waals surface area contributed by atoms with Gasteiger partial charge in [0.1, 0.15) is 128 Å². The maximum absolute atomic E-state index is 13.6. The topological polar surface area (TPSA) is 714 Å². The number of aliphatic carboxylic acids is 3. The average molecular weight is 1420 g/mol. The van der Waals surface area contributed by atoms with Gasteiger partial charge in [-0.25, -0.2) is 14.4 Å². The molecule has 6 heterocycles. The highest BCUT2D eigenvalue weighted by Crippen LogP contribution is 2.42. The van der Waals surface area contributed by atoms with Gasteiger partial charge in [-0.1, -0.05) is 0 Å². The molecule has 6 aliphatic heterocycles. The summed E-state index contributed by atoms with van der Waals surface area (Å²) in [5.41, 5.74) is 0. The quantitative estimate of drug-likeness (QED) is 0.0331. The minimum Gasteiger partial charge on any atom is -0.477 e.